The molecule has 2 aromatic carbocycles. The zero-order valence-corrected chi connectivity index (χ0v) is 19.3. The second-order valence-electron chi connectivity index (χ2n) is 8.77. The second kappa shape index (κ2) is 9.82. The van der Waals surface area contributed by atoms with Crippen LogP contribution < -0.4 is 25.7 Å². The van der Waals surface area contributed by atoms with Gasteiger partial charge in [-0.3, -0.25) is 9.59 Å². The number of nitrogens with zero attached hydrogens (tertiary/aromatic N) is 3. The molecule has 3 aromatic rings. The maximum Gasteiger partial charge on any atom is 0.269 e. The van der Waals surface area contributed by atoms with Crippen molar-refractivity contribution in [1.82, 2.24) is 19.8 Å². The Morgan fingerprint density at radius 3 is 2.82 bits per heavy atom. The molecule has 3 heterocycles. The monoisotopic (exact) mass is 463 g/mol. The molecule has 0 bridgehead atoms. The van der Waals surface area contributed by atoms with E-state index in [0.717, 1.165) is 72.8 Å². The summed E-state index contributed by atoms with van der Waals surface area (Å²) >= 11 is 0. The summed E-state index contributed by atoms with van der Waals surface area (Å²) in [7, 11) is 1.62. The molecular formula is C25H29N5O4. The number of hydrogen-bond acceptors (Lipinski definition) is 7. The maximum atomic E-state index is 12.5. The van der Waals surface area contributed by atoms with E-state index in [1.54, 1.807) is 11.7 Å². The van der Waals surface area contributed by atoms with Crippen LogP contribution in [0.2, 0.25) is 0 Å². The summed E-state index contributed by atoms with van der Waals surface area (Å²) in [5, 5.41) is 6.50. The first-order valence-corrected chi connectivity index (χ1v) is 11.6. The number of carbonyl (C=O) groups is 1. The molecule has 1 fully saturated rings. The van der Waals surface area contributed by atoms with Crippen molar-refractivity contribution in [1.29, 1.82) is 0 Å². The lowest BCUT2D eigenvalue weighted by Crippen LogP contribution is -2.43. The quantitative estimate of drug-likeness (QED) is 0.553. The number of piperidine rings is 1. The maximum absolute atomic E-state index is 12.5. The standard InChI is InChI=1S/C25H29N5O4/c1-33-19-3-4-20-22(13-19)30(25(32)15-27-20)11-10-29-8-6-18(7-9-29)26-14-17-2-5-23-21(12-17)28-24(31)16-34-23/h2-5,12-13,15,18,26H,6-11,14,16H2,1H3,(H,28,31). The topological polar surface area (TPSA) is 97.7 Å². The fourth-order valence-electron chi connectivity index (χ4n) is 4.60. The lowest BCUT2D eigenvalue weighted by Gasteiger charge is -2.32. The molecule has 0 radical (unpaired) electrons. The number of amides is 1. The van der Waals surface area contributed by atoms with Crippen LogP contribution in [-0.4, -0.2) is 59.8 Å². The first-order valence-electron chi connectivity index (χ1n) is 11.6. The molecule has 2 N–H and O–H groups in total. The first-order chi connectivity index (χ1) is 16.6. The van der Waals surface area contributed by atoms with Crippen LogP contribution in [-0.2, 0) is 17.9 Å². The van der Waals surface area contributed by atoms with Crippen molar-refractivity contribution >= 4 is 22.6 Å². The van der Waals surface area contributed by atoms with Crippen LogP contribution in [0.3, 0.4) is 0 Å². The third kappa shape index (κ3) is 4.90. The number of benzene rings is 2. The van der Waals surface area contributed by atoms with E-state index >= 15 is 0 Å². The highest BCUT2D eigenvalue weighted by Crippen LogP contribution is 2.28. The zero-order valence-electron chi connectivity index (χ0n) is 19.3. The molecule has 1 saturated heterocycles. The number of carbonyl (C=O) groups excluding carboxylic acids is 1. The van der Waals surface area contributed by atoms with Crippen LogP contribution in [0.1, 0.15) is 18.4 Å². The summed E-state index contributed by atoms with van der Waals surface area (Å²) in [6, 6.07) is 12.0. The third-order valence-electron chi connectivity index (χ3n) is 6.55. The fraction of sp³-hybridized carbons (Fsp3) is 0.400. The number of rotatable bonds is 7. The third-order valence-corrected chi connectivity index (χ3v) is 6.55. The number of fused-ring (bicyclic) bond motifs is 2. The summed E-state index contributed by atoms with van der Waals surface area (Å²) < 4.78 is 12.5. The zero-order chi connectivity index (χ0) is 23.5. The van der Waals surface area contributed by atoms with E-state index < -0.39 is 0 Å². The van der Waals surface area contributed by atoms with E-state index in [0.29, 0.717) is 12.6 Å². The highest BCUT2D eigenvalue weighted by molar-refractivity contribution is 5.95. The SMILES string of the molecule is COc1ccc2ncc(=O)n(CCN3CCC(NCc4ccc5c(c4)NC(=O)CO5)CC3)c2c1. The molecule has 34 heavy (non-hydrogen) atoms. The lowest BCUT2D eigenvalue weighted by molar-refractivity contribution is -0.118. The van der Waals surface area contributed by atoms with Gasteiger partial charge in [-0.2, -0.15) is 0 Å². The lowest BCUT2D eigenvalue weighted by atomic mass is 10.0. The van der Waals surface area contributed by atoms with Crippen molar-refractivity contribution in [3.05, 3.63) is 58.5 Å². The van der Waals surface area contributed by atoms with E-state index in [-0.39, 0.29) is 18.1 Å². The molecule has 0 atom stereocenters. The minimum atomic E-state index is -0.119. The van der Waals surface area contributed by atoms with Gasteiger partial charge in [-0.05, 0) is 55.8 Å². The number of methoxy groups -OCH3 is 1. The van der Waals surface area contributed by atoms with E-state index in [1.807, 2.05) is 36.4 Å². The molecule has 0 unspecified atom stereocenters. The average molecular weight is 464 g/mol. The molecule has 9 heteroatoms. The Labute approximate surface area is 197 Å². The van der Waals surface area contributed by atoms with Crippen molar-refractivity contribution in [2.75, 3.05) is 38.7 Å². The number of anilines is 1. The van der Waals surface area contributed by atoms with E-state index in [1.165, 1.54) is 6.20 Å². The van der Waals surface area contributed by atoms with Crippen LogP contribution >= 0.6 is 0 Å². The summed E-state index contributed by atoms with van der Waals surface area (Å²) in [6.07, 6.45) is 3.48. The van der Waals surface area contributed by atoms with Gasteiger partial charge in [0, 0.05) is 31.7 Å². The van der Waals surface area contributed by atoms with Gasteiger partial charge in [0.1, 0.15) is 11.5 Å². The normalized spacial score (nSPS) is 16.7. The van der Waals surface area contributed by atoms with Crippen molar-refractivity contribution in [2.45, 2.75) is 32.0 Å². The summed E-state index contributed by atoms with van der Waals surface area (Å²) in [4.78, 5) is 30.7. The largest absolute Gasteiger partial charge is 0.497 e. The molecular weight excluding hydrogens is 434 g/mol. The summed E-state index contributed by atoms with van der Waals surface area (Å²) in [5.74, 6) is 1.32. The Morgan fingerprint density at radius 1 is 1.15 bits per heavy atom. The van der Waals surface area contributed by atoms with Gasteiger partial charge in [0.25, 0.3) is 11.5 Å². The van der Waals surface area contributed by atoms with Gasteiger partial charge in [0.05, 0.1) is 30.0 Å². The number of likely N-dealkylation sites (tertiary alicyclic amines) is 1. The Bertz CT molecular complexity index is 1250. The van der Waals surface area contributed by atoms with Gasteiger partial charge >= 0.3 is 0 Å². The molecule has 5 rings (SSSR count). The van der Waals surface area contributed by atoms with Crippen LogP contribution in [0, 0.1) is 0 Å². The molecule has 9 nitrogen and oxygen atoms in total. The number of ether oxygens (including phenoxy) is 2. The smallest absolute Gasteiger partial charge is 0.269 e. The molecule has 0 aliphatic carbocycles. The van der Waals surface area contributed by atoms with E-state index in [9.17, 15) is 9.59 Å². The molecule has 2 aliphatic rings. The summed E-state index contributed by atoms with van der Waals surface area (Å²) in [5.41, 5.74) is 3.35. The Morgan fingerprint density at radius 2 is 2.00 bits per heavy atom. The van der Waals surface area contributed by atoms with Crippen molar-refractivity contribution in [2.24, 2.45) is 0 Å². The highest BCUT2D eigenvalue weighted by Gasteiger charge is 2.20. The van der Waals surface area contributed by atoms with Crippen LogP contribution in [0.4, 0.5) is 5.69 Å². The fourth-order valence-corrected chi connectivity index (χ4v) is 4.60. The van der Waals surface area contributed by atoms with Gasteiger partial charge in [-0.25, -0.2) is 4.98 Å². The molecule has 178 valence electrons. The van der Waals surface area contributed by atoms with Crippen LogP contribution in [0.15, 0.2) is 47.4 Å². The number of aromatic nitrogens is 2. The van der Waals surface area contributed by atoms with Crippen LogP contribution in [0.5, 0.6) is 11.5 Å². The molecule has 1 amide bonds. The van der Waals surface area contributed by atoms with E-state index in [2.05, 4.69) is 20.5 Å². The van der Waals surface area contributed by atoms with Gasteiger partial charge in [-0.15, -0.1) is 0 Å². The van der Waals surface area contributed by atoms with Gasteiger partial charge in [0.15, 0.2) is 6.61 Å². The molecule has 1 aromatic heterocycles. The van der Waals surface area contributed by atoms with Crippen molar-refractivity contribution < 1.29 is 14.3 Å². The number of nitrogens with one attached hydrogen (secondary N) is 2. The van der Waals surface area contributed by atoms with Gasteiger partial charge < -0.3 is 29.6 Å². The minimum absolute atomic E-state index is 0.0728. The Hall–Kier alpha value is -3.43. The molecule has 0 saturated carbocycles. The van der Waals surface area contributed by atoms with Crippen LogP contribution in [0.25, 0.3) is 11.0 Å². The predicted molar refractivity (Wildman–Crippen MR) is 129 cm³/mol. The van der Waals surface area contributed by atoms with E-state index in [4.69, 9.17) is 9.47 Å². The van der Waals surface area contributed by atoms with Crippen molar-refractivity contribution in [3.63, 3.8) is 0 Å². The average Bonchev–Trinajstić information content (AvgIpc) is 2.87. The van der Waals surface area contributed by atoms with Gasteiger partial charge in [-0.1, -0.05) is 6.07 Å². The second-order valence-corrected chi connectivity index (χ2v) is 8.77. The van der Waals surface area contributed by atoms with Gasteiger partial charge in [0.2, 0.25) is 0 Å². The summed E-state index contributed by atoms with van der Waals surface area (Å²) in [6.45, 7) is 4.20. The predicted octanol–water partition coefficient (Wildman–Crippen LogP) is 1.99. The number of hydrogen-bond donors (Lipinski definition) is 2. The Kier molecular flexibility index (Phi) is 6.46. The highest BCUT2D eigenvalue weighted by atomic mass is 16.5. The minimum Gasteiger partial charge on any atom is -0.497 e. The molecule has 0 spiro atoms. The molecule has 2 aliphatic heterocycles. The first kappa shape index (κ1) is 22.4. The van der Waals surface area contributed by atoms with Crippen molar-refractivity contribution in [3.8, 4) is 11.5 Å². The Balaban J connectivity index is 1.13.